The first-order chi connectivity index (χ1) is 14.7. The number of benzene rings is 2. The van der Waals surface area contributed by atoms with Crippen LogP contribution in [0.2, 0.25) is 10.0 Å². The molecule has 1 saturated carbocycles. The number of amides is 1. The summed E-state index contributed by atoms with van der Waals surface area (Å²) in [7, 11) is 2.02. The number of rotatable bonds is 4. The van der Waals surface area contributed by atoms with E-state index in [4.69, 9.17) is 23.2 Å². The van der Waals surface area contributed by atoms with Gasteiger partial charge in [0.15, 0.2) is 0 Å². The zero-order chi connectivity index (χ0) is 22.2. The molecule has 3 N–H and O–H groups in total. The van der Waals surface area contributed by atoms with Gasteiger partial charge in [-0.2, -0.15) is 0 Å². The van der Waals surface area contributed by atoms with E-state index in [1.165, 1.54) is 0 Å². The van der Waals surface area contributed by atoms with Crippen molar-refractivity contribution in [1.82, 2.24) is 10.2 Å². The fraction of sp³-hybridized carbons (Fsp3) is 0.458. The Balaban J connectivity index is 1.55. The van der Waals surface area contributed by atoms with E-state index in [-0.39, 0.29) is 24.1 Å². The average molecular weight is 463 g/mol. The van der Waals surface area contributed by atoms with Gasteiger partial charge in [-0.1, -0.05) is 41.4 Å². The van der Waals surface area contributed by atoms with E-state index in [2.05, 4.69) is 10.2 Å². The van der Waals surface area contributed by atoms with Gasteiger partial charge in [0.1, 0.15) is 5.75 Å². The Morgan fingerprint density at radius 3 is 2.74 bits per heavy atom. The molecule has 1 heterocycles. The second-order valence-corrected chi connectivity index (χ2v) is 9.90. The van der Waals surface area contributed by atoms with Crippen molar-refractivity contribution in [3.63, 3.8) is 0 Å². The number of fused-ring (bicyclic) bond motifs is 1. The smallest absolute Gasteiger partial charge is 0.224 e. The average Bonchev–Trinajstić information content (AvgIpc) is 2.71. The quantitative estimate of drug-likeness (QED) is 0.643. The Hall–Kier alpha value is -1.79. The molecule has 7 heteroatoms. The van der Waals surface area contributed by atoms with Gasteiger partial charge >= 0.3 is 0 Å². The molecule has 4 rings (SSSR count). The molecule has 3 atom stereocenters. The maximum absolute atomic E-state index is 12.8. The lowest BCUT2D eigenvalue weighted by Gasteiger charge is -2.57. The number of aromatic hydroxyl groups is 1. The number of carbonyl (C=O) groups excluding carboxylic acids is 1. The maximum Gasteiger partial charge on any atom is 0.224 e. The van der Waals surface area contributed by atoms with Gasteiger partial charge in [0, 0.05) is 18.0 Å². The highest BCUT2D eigenvalue weighted by Gasteiger charge is 2.57. The van der Waals surface area contributed by atoms with Gasteiger partial charge in [-0.15, -0.1) is 0 Å². The minimum atomic E-state index is -0.904. The second kappa shape index (κ2) is 8.62. The number of carbonyl (C=O) groups is 1. The number of hydrogen-bond donors (Lipinski definition) is 3. The lowest BCUT2D eigenvalue weighted by Crippen LogP contribution is -2.66. The van der Waals surface area contributed by atoms with Crippen molar-refractivity contribution in [3.8, 4) is 5.75 Å². The summed E-state index contributed by atoms with van der Waals surface area (Å²) in [5.74, 6) is 0.117. The summed E-state index contributed by atoms with van der Waals surface area (Å²) in [6.07, 6.45) is 2.92. The number of hydrogen-bond acceptors (Lipinski definition) is 4. The number of β-amino-alcohol motifs (C(OH)–C–C–N with tert-alkyl or cyclic N) is 1. The van der Waals surface area contributed by atoms with Crippen LogP contribution < -0.4 is 5.32 Å². The summed E-state index contributed by atoms with van der Waals surface area (Å²) >= 11 is 12.0. The lowest BCUT2D eigenvalue weighted by molar-refractivity contribution is -0.131. The highest BCUT2D eigenvalue weighted by atomic mass is 35.5. The van der Waals surface area contributed by atoms with E-state index >= 15 is 0 Å². The summed E-state index contributed by atoms with van der Waals surface area (Å²) in [5.41, 5.74) is 0.323. The van der Waals surface area contributed by atoms with E-state index in [9.17, 15) is 15.0 Å². The van der Waals surface area contributed by atoms with Crippen LogP contribution in [-0.2, 0) is 16.6 Å². The topological polar surface area (TPSA) is 72.8 Å². The molecular formula is C24H28Cl2N2O3. The Morgan fingerprint density at radius 2 is 2.00 bits per heavy atom. The predicted molar refractivity (Wildman–Crippen MR) is 123 cm³/mol. The predicted octanol–water partition coefficient (Wildman–Crippen LogP) is 3.91. The number of likely N-dealkylation sites (N-methyl/N-ethyl adjacent to an activating group) is 1. The van der Waals surface area contributed by atoms with Crippen LogP contribution in [0, 0.1) is 0 Å². The number of nitrogens with one attached hydrogen (secondary N) is 1. The molecule has 1 aliphatic heterocycles. The maximum atomic E-state index is 12.8. The molecule has 0 spiro atoms. The van der Waals surface area contributed by atoms with Crippen LogP contribution in [-0.4, -0.2) is 52.8 Å². The molecule has 0 radical (unpaired) electrons. The molecule has 166 valence electrons. The van der Waals surface area contributed by atoms with E-state index < -0.39 is 11.0 Å². The number of halogens is 2. The monoisotopic (exact) mass is 462 g/mol. The van der Waals surface area contributed by atoms with Gasteiger partial charge in [-0.25, -0.2) is 0 Å². The second-order valence-electron chi connectivity index (χ2n) is 9.08. The van der Waals surface area contributed by atoms with Crippen molar-refractivity contribution in [2.24, 2.45) is 0 Å². The standard InChI is InChI=1S/C24H28Cl2N2O3/c1-28-10-9-23(17-3-2-4-19(29)13-17)14-18(7-8-24(23,31)15-28)27-22(30)12-16-5-6-20(25)21(26)11-16/h2-6,11,13,18,29,31H,7-10,12,14-15H2,1H3,(H,27,30)/t18-,23+,24+/m1/s1. The molecule has 1 saturated heterocycles. The van der Waals surface area contributed by atoms with E-state index in [1.807, 2.05) is 19.2 Å². The minimum Gasteiger partial charge on any atom is -0.508 e. The van der Waals surface area contributed by atoms with Crippen LogP contribution in [0.25, 0.3) is 0 Å². The highest BCUT2D eigenvalue weighted by molar-refractivity contribution is 6.42. The Bertz CT molecular complexity index is 985. The molecule has 1 aliphatic carbocycles. The highest BCUT2D eigenvalue weighted by Crippen LogP contribution is 2.51. The van der Waals surface area contributed by atoms with Crippen molar-refractivity contribution >= 4 is 29.1 Å². The van der Waals surface area contributed by atoms with E-state index in [0.717, 1.165) is 24.1 Å². The first-order valence-electron chi connectivity index (χ1n) is 10.6. The molecule has 1 amide bonds. The van der Waals surface area contributed by atoms with Crippen molar-refractivity contribution in [1.29, 1.82) is 0 Å². The van der Waals surface area contributed by atoms with Gasteiger partial charge in [-0.3, -0.25) is 4.79 Å². The third-order valence-electron chi connectivity index (χ3n) is 6.96. The summed E-state index contributed by atoms with van der Waals surface area (Å²) in [6.45, 7) is 1.43. The number of aliphatic hydroxyl groups is 1. The molecule has 0 unspecified atom stereocenters. The van der Waals surface area contributed by atoms with Crippen LogP contribution in [0.15, 0.2) is 42.5 Å². The van der Waals surface area contributed by atoms with Crippen LogP contribution in [0.3, 0.4) is 0 Å². The lowest BCUT2D eigenvalue weighted by atomic mass is 9.55. The first-order valence-corrected chi connectivity index (χ1v) is 11.4. The third kappa shape index (κ3) is 4.42. The van der Waals surface area contributed by atoms with Gasteiger partial charge in [0.25, 0.3) is 0 Å². The molecule has 2 fully saturated rings. The minimum absolute atomic E-state index is 0.0543. The number of phenolic OH excluding ortho intramolecular Hbond substituents is 1. The Kier molecular flexibility index (Phi) is 6.23. The van der Waals surface area contributed by atoms with Crippen molar-refractivity contribution in [2.75, 3.05) is 20.1 Å². The summed E-state index contributed by atoms with van der Waals surface area (Å²) in [5, 5.41) is 25.9. The normalized spacial score (nSPS) is 28.7. The largest absolute Gasteiger partial charge is 0.508 e. The number of piperidine rings is 1. The van der Waals surface area contributed by atoms with Crippen molar-refractivity contribution in [3.05, 3.63) is 63.6 Å². The summed E-state index contributed by atoms with van der Waals surface area (Å²) in [4.78, 5) is 14.9. The van der Waals surface area contributed by atoms with Gasteiger partial charge in [-0.05, 0) is 74.7 Å². The molecule has 2 aromatic carbocycles. The fourth-order valence-electron chi connectivity index (χ4n) is 5.41. The van der Waals surface area contributed by atoms with Crippen molar-refractivity contribution in [2.45, 2.75) is 49.2 Å². The molecule has 5 nitrogen and oxygen atoms in total. The number of phenols is 1. The molecular weight excluding hydrogens is 435 g/mol. The van der Waals surface area contributed by atoms with Crippen LogP contribution in [0.1, 0.15) is 36.8 Å². The molecule has 0 aromatic heterocycles. The molecule has 2 aliphatic rings. The summed E-state index contributed by atoms with van der Waals surface area (Å²) in [6, 6.07) is 12.4. The van der Waals surface area contributed by atoms with Gasteiger partial charge < -0.3 is 20.4 Å². The van der Waals surface area contributed by atoms with Crippen molar-refractivity contribution < 1.29 is 15.0 Å². The number of likely N-dealkylation sites (tertiary alicyclic amines) is 1. The summed E-state index contributed by atoms with van der Waals surface area (Å²) < 4.78 is 0. The van der Waals surface area contributed by atoms with Crippen LogP contribution in [0.5, 0.6) is 5.75 Å². The van der Waals surface area contributed by atoms with Gasteiger partial charge in [0.2, 0.25) is 5.91 Å². The zero-order valence-corrected chi connectivity index (χ0v) is 19.1. The Morgan fingerprint density at radius 1 is 1.19 bits per heavy atom. The van der Waals surface area contributed by atoms with Crippen LogP contribution >= 0.6 is 23.2 Å². The van der Waals surface area contributed by atoms with Crippen LogP contribution in [0.4, 0.5) is 0 Å². The van der Waals surface area contributed by atoms with E-state index in [0.29, 0.717) is 35.9 Å². The number of nitrogens with zero attached hydrogens (tertiary/aromatic N) is 1. The Labute approximate surface area is 193 Å². The van der Waals surface area contributed by atoms with E-state index in [1.54, 1.807) is 30.3 Å². The molecule has 0 bridgehead atoms. The molecule has 2 aromatic rings. The fourth-order valence-corrected chi connectivity index (χ4v) is 5.73. The first kappa shape index (κ1) is 22.4. The SMILES string of the molecule is CN1CC[C@@]2(c3cccc(O)c3)C[C@H](NC(=O)Cc3ccc(Cl)c(Cl)c3)CC[C@]2(O)C1. The molecule has 31 heavy (non-hydrogen) atoms. The van der Waals surface area contributed by atoms with Gasteiger partial charge in [0.05, 0.1) is 22.1 Å². The third-order valence-corrected chi connectivity index (χ3v) is 7.70. The zero-order valence-electron chi connectivity index (χ0n) is 17.6.